The van der Waals surface area contributed by atoms with Crippen molar-refractivity contribution in [2.24, 2.45) is 4.99 Å². The molecule has 32 heavy (non-hydrogen) atoms. The fourth-order valence-corrected chi connectivity index (χ4v) is 4.27. The van der Waals surface area contributed by atoms with Gasteiger partial charge >= 0.3 is 0 Å². The zero-order chi connectivity index (χ0) is 22.5. The summed E-state index contributed by atoms with van der Waals surface area (Å²) in [5.41, 5.74) is 3.06. The van der Waals surface area contributed by atoms with Crippen molar-refractivity contribution in [2.45, 2.75) is 19.8 Å². The van der Waals surface area contributed by atoms with Crippen LogP contribution < -0.4 is 5.32 Å². The first kappa shape index (κ1) is 21.5. The third-order valence-corrected chi connectivity index (χ3v) is 5.86. The van der Waals surface area contributed by atoms with Crippen LogP contribution in [0.4, 0.5) is 4.39 Å². The monoisotopic (exact) mass is 447 g/mol. The molecule has 2 aromatic carbocycles. The van der Waals surface area contributed by atoms with Crippen LogP contribution in [0.1, 0.15) is 22.9 Å². The molecule has 0 saturated carbocycles. The Balaban J connectivity index is 1.75. The molecule has 5 nitrogen and oxygen atoms in total. The van der Waals surface area contributed by atoms with E-state index in [1.54, 1.807) is 23.5 Å². The SMILES string of the molecule is C/C(Cc1cccs1)=N\C1=C(Cc2ccccc2)NC(c2cccc(O)c2F)=CN1C=O. The molecule has 0 saturated heterocycles. The van der Waals surface area contributed by atoms with Crippen LogP contribution >= 0.6 is 11.3 Å². The van der Waals surface area contributed by atoms with Crippen LogP contribution in [0, 0.1) is 5.82 Å². The zero-order valence-electron chi connectivity index (χ0n) is 17.5. The molecule has 3 aromatic rings. The zero-order valence-corrected chi connectivity index (χ0v) is 18.3. The van der Waals surface area contributed by atoms with Crippen molar-refractivity contribution in [2.75, 3.05) is 0 Å². The molecule has 162 valence electrons. The number of hydrogen-bond acceptors (Lipinski definition) is 5. The maximum Gasteiger partial charge on any atom is 0.219 e. The second-order valence-corrected chi connectivity index (χ2v) is 8.42. The van der Waals surface area contributed by atoms with Gasteiger partial charge in [-0.1, -0.05) is 42.5 Å². The minimum absolute atomic E-state index is 0.167. The Labute approximate surface area is 189 Å². The van der Waals surface area contributed by atoms with E-state index in [1.165, 1.54) is 22.0 Å². The number of halogens is 1. The fourth-order valence-electron chi connectivity index (χ4n) is 3.49. The van der Waals surface area contributed by atoms with Gasteiger partial charge in [-0.15, -0.1) is 11.3 Å². The molecule has 0 atom stereocenters. The molecule has 2 heterocycles. The average Bonchev–Trinajstić information content (AvgIpc) is 3.30. The standard InChI is InChI=1S/C25H22FN3O2S/c1-17(13-19-9-6-12-32-19)27-25-21(14-18-7-3-2-4-8-18)28-22(15-29(25)16-30)20-10-5-11-23(31)24(20)26/h2-12,15-16,28,31H,13-14H2,1H3/b27-17+. The van der Waals surface area contributed by atoms with Crippen molar-refractivity contribution >= 4 is 29.2 Å². The number of nitrogens with zero attached hydrogens (tertiary/aromatic N) is 2. The molecule has 2 N–H and O–H groups in total. The van der Waals surface area contributed by atoms with E-state index in [4.69, 9.17) is 4.99 Å². The molecule has 0 radical (unpaired) electrons. The summed E-state index contributed by atoms with van der Waals surface area (Å²) in [5.74, 6) is -0.744. The Bertz CT molecular complexity index is 1200. The number of nitrogens with one attached hydrogen (secondary N) is 1. The predicted octanol–water partition coefficient (Wildman–Crippen LogP) is 5.07. The van der Waals surface area contributed by atoms with Crippen LogP contribution in [0.2, 0.25) is 0 Å². The Kier molecular flexibility index (Phi) is 6.47. The van der Waals surface area contributed by atoms with E-state index < -0.39 is 11.6 Å². The summed E-state index contributed by atoms with van der Waals surface area (Å²) in [6.07, 6.45) is 3.29. The topological polar surface area (TPSA) is 64.9 Å². The van der Waals surface area contributed by atoms with Crippen molar-refractivity contribution in [1.82, 2.24) is 10.2 Å². The number of carbonyl (C=O) groups excluding carboxylic acids is 1. The van der Waals surface area contributed by atoms with E-state index in [0.29, 0.717) is 36.5 Å². The molecular weight excluding hydrogens is 425 g/mol. The highest BCUT2D eigenvalue weighted by atomic mass is 32.1. The highest BCUT2D eigenvalue weighted by molar-refractivity contribution is 7.10. The Hall–Kier alpha value is -3.71. The van der Waals surface area contributed by atoms with Crippen molar-refractivity contribution < 1.29 is 14.3 Å². The lowest BCUT2D eigenvalue weighted by atomic mass is 10.1. The Morgan fingerprint density at radius 2 is 1.97 bits per heavy atom. The van der Waals surface area contributed by atoms with Gasteiger partial charge in [0.25, 0.3) is 0 Å². The van der Waals surface area contributed by atoms with Gasteiger partial charge in [0.2, 0.25) is 6.41 Å². The van der Waals surface area contributed by atoms with E-state index >= 15 is 0 Å². The third kappa shape index (κ3) is 4.78. The number of allylic oxidation sites excluding steroid dienone is 1. The molecule has 0 unspecified atom stereocenters. The number of hydrogen-bond donors (Lipinski definition) is 2. The van der Waals surface area contributed by atoms with Gasteiger partial charge in [-0.3, -0.25) is 9.69 Å². The van der Waals surface area contributed by atoms with Crippen molar-refractivity contribution in [1.29, 1.82) is 0 Å². The minimum Gasteiger partial charge on any atom is -0.505 e. The van der Waals surface area contributed by atoms with Gasteiger partial charge in [0, 0.05) is 35.2 Å². The summed E-state index contributed by atoms with van der Waals surface area (Å²) in [6, 6.07) is 18.2. The molecule has 1 amide bonds. The van der Waals surface area contributed by atoms with Crippen LogP contribution in [0.3, 0.4) is 0 Å². The number of rotatable bonds is 7. The fraction of sp³-hybridized carbons (Fsp3) is 0.120. The summed E-state index contributed by atoms with van der Waals surface area (Å²) in [7, 11) is 0. The lowest BCUT2D eigenvalue weighted by Gasteiger charge is -2.28. The molecule has 4 rings (SSSR count). The summed E-state index contributed by atoms with van der Waals surface area (Å²) in [6.45, 7) is 1.92. The van der Waals surface area contributed by atoms with Crippen molar-refractivity contribution in [3.8, 4) is 5.75 Å². The number of thiophene rings is 1. The van der Waals surface area contributed by atoms with Gasteiger partial charge in [0.15, 0.2) is 17.4 Å². The van der Waals surface area contributed by atoms with E-state index in [9.17, 15) is 14.3 Å². The van der Waals surface area contributed by atoms with E-state index in [2.05, 4.69) is 5.32 Å². The molecule has 1 aliphatic heterocycles. The number of carbonyl (C=O) groups is 1. The molecule has 0 aliphatic carbocycles. The van der Waals surface area contributed by atoms with Gasteiger partial charge in [-0.2, -0.15) is 0 Å². The smallest absolute Gasteiger partial charge is 0.219 e. The molecule has 1 aliphatic rings. The molecule has 0 bridgehead atoms. The van der Waals surface area contributed by atoms with Crippen LogP contribution in [0.15, 0.2) is 88.8 Å². The number of phenols is 1. The summed E-state index contributed by atoms with van der Waals surface area (Å²) < 4.78 is 14.6. The normalized spacial score (nSPS) is 14.2. The summed E-state index contributed by atoms with van der Waals surface area (Å²) in [5, 5.41) is 15.1. The van der Waals surface area contributed by atoms with E-state index in [-0.39, 0.29) is 5.56 Å². The molecule has 0 spiro atoms. The molecule has 1 aromatic heterocycles. The largest absolute Gasteiger partial charge is 0.505 e. The third-order valence-electron chi connectivity index (χ3n) is 4.98. The molecular formula is C25H22FN3O2S. The maximum atomic E-state index is 14.6. The molecule has 7 heteroatoms. The van der Waals surface area contributed by atoms with Gasteiger partial charge in [0.05, 0.1) is 11.4 Å². The lowest BCUT2D eigenvalue weighted by molar-refractivity contribution is -0.114. The van der Waals surface area contributed by atoms with Crippen LogP contribution in [0.5, 0.6) is 5.75 Å². The Morgan fingerprint density at radius 3 is 2.69 bits per heavy atom. The first-order valence-electron chi connectivity index (χ1n) is 10.1. The second-order valence-electron chi connectivity index (χ2n) is 7.39. The molecule has 0 fully saturated rings. The lowest BCUT2D eigenvalue weighted by Crippen LogP contribution is -2.30. The second kappa shape index (κ2) is 9.62. The van der Waals surface area contributed by atoms with Gasteiger partial charge in [-0.25, -0.2) is 9.38 Å². The van der Waals surface area contributed by atoms with Crippen molar-refractivity contribution in [3.63, 3.8) is 0 Å². The van der Waals surface area contributed by atoms with Crippen LogP contribution in [-0.4, -0.2) is 22.1 Å². The number of aromatic hydroxyl groups is 1. The van der Waals surface area contributed by atoms with Gasteiger partial charge in [-0.05, 0) is 36.1 Å². The maximum absolute atomic E-state index is 14.6. The number of benzene rings is 2. The predicted molar refractivity (Wildman–Crippen MR) is 125 cm³/mol. The number of amides is 1. The highest BCUT2D eigenvalue weighted by Gasteiger charge is 2.23. The van der Waals surface area contributed by atoms with Crippen LogP contribution in [0.25, 0.3) is 5.70 Å². The first-order valence-corrected chi connectivity index (χ1v) is 11.0. The summed E-state index contributed by atoms with van der Waals surface area (Å²) >= 11 is 1.65. The van der Waals surface area contributed by atoms with E-state index in [1.807, 2.05) is 54.8 Å². The van der Waals surface area contributed by atoms with E-state index in [0.717, 1.165) is 11.3 Å². The average molecular weight is 448 g/mol. The van der Waals surface area contributed by atoms with Gasteiger partial charge < -0.3 is 10.4 Å². The first-order chi connectivity index (χ1) is 15.5. The Morgan fingerprint density at radius 1 is 1.16 bits per heavy atom. The van der Waals surface area contributed by atoms with Crippen LogP contribution in [-0.2, 0) is 17.6 Å². The highest BCUT2D eigenvalue weighted by Crippen LogP contribution is 2.29. The minimum atomic E-state index is -0.753. The number of aliphatic imine (C=N–C) groups is 1. The quantitative estimate of drug-likeness (QED) is 0.393. The summed E-state index contributed by atoms with van der Waals surface area (Å²) in [4.78, 5) is 19.3. The number of phenolic OH excluding ortho intramolecular Hbond substituents is 1. The van der Waals surface area contributed by atoms with Gasteiger partial charge in [0.1, 0.15) is 0 Å². The van der Waals surface area contributed by atoms with Crippen molar-refractivity contribution in [3.05, 3.63) is 106 Å².